The van der Waals surface area contributed by atoms with E-state index < -0.39 is 103 Å². The molecule has 66 heavy (non-hydrogen) atoms. The van der Waals surface area contributed by atoms with E-state index in [0.717, 1.165) is 11.8 Å². The predicted molar refractivity (Wildman–Crippen MR) is 247 cm³/mol. The predicted octanol–water partition coefficient (Wildman–Crippen LogP) is 5.11. The van der Waals surface area contributed by atoms with Crippen molar-refractivity contribution in [3.8, 4) is 0 Å². The van der Waals surface area contributed by atoms with Crippen LogP contribution in [0.15, 0.2) is 48.6 Å². The highest BCUT2D eigenvalue weighted by Crippen LogP contribution is 2.38. The molecule has 2 N–H and O–H groups in total. The van der Waals surface area contributed by atoms with Crippen LogP contribution >= 0.6 is 0 Å². The second-order valence-electron chi connectivity index (χ2n) is 19.3. The lowest BCUT2D eigenvalue weighted by Gasteiger charge is -2.50. The molecular weight excluding hydrogens is 853 g/mol. The third-order valence-corrected chi connectivity index (χ3v) is 12.7. The fourth-order valence-corrected chi connectivity index (χ4v) is 9.58. The Hall–Kier alpha value is -3.58. The number of hydrogen-bond acceptors (Lipinski definition) is 16. The number of rotatable bonds is 16. The zero-order valence-corrected chi connectivity index (χ0v) is 41.1. The van der Waals surface area contributed by atoms with Gasteiger partial charge in [-0.25, -0.2) is 0 Å². The Morgan fingerprint density at radius 1 is 0.985 bits per heavy atom. The van der Waals surface area contributed by atoms with Crippen LogP contribution in [0.4, 0.5) is 0 Å². The van der Waals surface area contributed by atoms with Gasteiger partial charge in [-0.2, -0.15) is 0 Å². The number of esters is 3. The fraction of sp³-hybridized carbons (Fsp3) is 0.720. The SMILES string of the molecule is CO[C@@H]1[C@@H](O[C@@H]2O[C@H](C)C(O[C@H]3C[C@@](C)(O)[C@@H](OC(=O)CC(C)C)[C@H](C)O3)[C@H](N(C)C)[C@H]2O)[C@@H](CC=O)C[C@@H](C)[C@@H](N(C)C/C=C/c2ccccc2)/C=C/C[C@@H](C)OC(=O)C[C@H]1OC(C)=O. The van der Waals surface area contributed by atoms with Crippen molar-refractivity contribution in [2.75, 3.05) is 34.8 Å². The van der Waals surface area contributed by atoms with E-state index in [0.29, 0.717) is 19.4 Å². The fourth-order valence-electron chi connectivity index (χ4n) is 9.58. The molecule has 3 heterocycles. The minimum atomic E-state index is -1.50. The van der Waals surface area contributed by atoms with Crippen LogP contribution in [0.25, 0.3) is 6.08 Å². The summed E-state index contributed by atoms with van der Waals surface area (Å²) in [5.74, 6) is -2.32. The number of hydrogen-bond donors (Lipinski definition) is 2. The van der Waals surface area contributed by atoms with E-state index in [1.165, 1.54) is 14.0 Å². The smallest absolute Gasteiger partial charge is 0.309 e. The van der Waals surface area contributed by atoms with Gasteiger partial charge < -0.3 is 57.8 Å². The van der Waals surface area contributed by atoms with Crippen molar-refractivity contribution in [2.24, 2.45) is 17.8 Å². The maximum Gasteiger partial charge on any atom is 0.309 e. The summed E-state index contributed by atoms with van der Waals surface area (Å²) in [7, 11) is 7.00. The molecule has 1 unspecified atom stereocenters. The Kier molecular flexibility index (Phi) is 21.4. The summed E-state index contributed by atoms with van der Waals surface area (Å²) in [6.07, 6.45) is -1.04. The highest BCUT2D eigenvalue weighted by Gasteiger charge is 2.53. The van der Waals surface area contributed by atoms with Crippen molar-refractivity contribution in [1.29, 1.82) is 0 Å². The van der Waals surface area contributed by atoms with Gasteiger partial charge in [0.15, 0.2) is 18.7 Å². The van der Waals surface area contributed by atoms with Crippen LogP contribution in [0.5, 0.6) is 0 Å². The molecule has 4 rings (SSSR count). The van der Waals surface area contributed by atoms with Gasteiger partial charge in [-0.1, -0.05) is 75.4 Å². The Morgan fingerprint density at radius 2 is 1.68 bits per heavy atom. The monoisotopic (exact) mass is 931 g/mol. The van der Waals surface area contributed by atoms with Crippen molar-refractivity contribution >= 4 is 30.3 Å². The molecule has 16 atom stereocenters. The van der Waals surface area contributed by atoms with Crippen molar-refractivity contribution < 1.29 is 67.3 Å². The normalized spacial score (nSPS) is 36.7. The van der Waals surface area contributed by atoms with Gasteiger partial charge in [0.2, 0.25) is 0 Å². The summed E-state index contributed by atoms with van der Waals surface area (Å²) in [5.41, 5.74) is -0.422. The van der Waals surface area contributed by atoms with Gasteiger partial charge in [0.25, 0.3) is 0 Å². The van der Waals surface area contributed by atoms with Crippen LogP contribution in [0, 0.1) is 17.8 Å². The zero-order chi connectivity index (χ0) is 48.9. The van der Waals surface area contributed by atoms with E-state index in [1.807, 2.05) is 57.3 Å². The topological polar surface area (TPSA) is 189 Å². The molecule has 0 amide bonds. The summed E-state index contributed by atoms with van der Waals surface area (Å²) in [4.78, 5) is 55.4. The average molecular weight is 931 g/mol. The first-order chi connectivity index (χ1) is 31.1. The van der Waals surface area contributed by atoms with E-state index in [1.54, 1.807) is 46.7 Å². The number of aldehydes is 1. The number of carbonyl (C=O) groups is 4. The van der Waals surface area contributed by atoms with E-state index >= 15 is 0 Å². The molecule has 0 saturated carbocycles. The quantitative estimate of drug-likeness (QED) is 0.0963. The second-order valence-corrected chi connectivity index (χ2v) is 19.3. The van der Waals surface area contributed by atoms with Crippen LogP contribution in [-0.2, 0) is 57.1 Å². The first-order valence-corrected chi connectivity index (χ1v) is 23.4. The summed E-state index contributed by atoms with van der Waals surface area (Å²) >= 11 is 0. The highest BCUT2D eigenvalue weighted by atomic mass is 16.7. The number of cyclic esters (lactones) is 1. The van der Waals surface area contributed by atoms with Crippen LogP contribution in [-0.4, -0.2) is 164 Å². The van der Waals surface area contributed by atoms with Gasteiger partial charge in [0.1, 0.15) is 42.4 Å². The minimum Gasteiger partial charge on any atom is -0.462 e. The maximum atomic E-state index is 13.5. The molecule has 0 aromatic heterocycles. The Bertz CT molecular complexity index is 1740. The van der Waals surface area contributed by atoms with Crippen molar-refractivity contribution in [1.82, 2.24) is 9.80 Å². The number of nitrogens with zero attached hydrogens (tertiary/aromatic N) is 2. The molecule has 16 heteroatoms. The maximum absolute atomic E-state index is 13.5. The third kappa shape index (κ3) is 15.7. The molecule has 1 aromatic carbocycles. The Balaban J connectivity index is 1.67. The molecule has 3 aliphatic rings. The van der Waals surface area contributed by atoms with Gasteiger partial charge in [-0.05, 0) is 78.6 Å². The van der Waals surface area contributed by atoms with Crippen LogP contribution < -0.4 is 0 Å². The van der Waals surface area contributed by atoms with Crippen LogP contribution in [0.2, 0.25) is 0 Å². The Morgan fingerprint density at radius 3 is 2.29 bits per heavy atom. The summed E-state index contributed by atoms with van der Waals surface area (Å²) in [6, 6.07) is 9.11. The minimum absolute atomic E-state index is 0.00329. The molecule has 372 valence electrons. The van der Waals surface area contributed by atoms with Gasteiger partial charge >= 0.3 is 17.9 Å². The molecule has 2 saturated heterocycles. The van der Waals surface area contributed by atoms with Crippen molar-refractivity contribution in [3.63, 3.8) is 0 Å². The third-order valence-electron chi connectivity index (χ3n) is 12.7. The van der Waals surface area contributed by atoms with E-state index in [4.69, 9.17) is 37.9 Å². The van der Waals surface area contributed by atoms with Crippen molar-refractivity contribution in [2.45, 2.75) is 179 Å². The molecule has 3 aliphatic heterocycles. The second kappa shape index (κ2) is 25.7. The molecule has 0 radical (unpaired) electrons. The molecule has 16 nitrogen and oxygen atoms in total. The summed E-state index contributed by atoms with van der Waals surface area (Å²) in [5, 5.41) is 23.8. The average Bonchev–Trinajstić information content (AvgIpc) is 3.21. The number of aliphatic hydroxyl groups is 2. The molecular formula is C50H78N2O14. The number of carbonyl (C=O) groups excluding carboxylic acids is 4. The zero-order valence-electron chi connectivity index (χ0n) is 41.1. The molecule has 0 bridgehead atoms. The largest absolute Gasteiger partial charge is 0.462 e. The van der Waals surface area contributed by atoms with Crippen LogP contribution in [0.3, 0.4) is 0 Å². The van der Waals surface area contributed by atoms with Gasteiger partial charge in [-0.3, -0.25) is 19.3 Å². The lowest BCUT2D eigenvalue weighted by molar-refractivity contribution is -0.344. The first-order valence-electron chi connectivity index (χ1n) is 23.4. The molecule has 0 aliphatic carbocycles. The lowest BCUT2D eigenvalue weighted by atomic mass is 9.81. The van der Waals surface area contributed by atoms with E-state index in [-0.39, 0.29) is 43.6 Å². The molecule has 0 spiro atoms. The molecule has 1 aromatic rings. The summed E-state index contributed by atoms with van der Waals surface area (Å²) in [6.45, 7) is 14.6. The lowest BCUT2D eigenvalue weighted by Crippen LogP contribution is -2.66. The highest BCUT2D eigenvalue weighted by molar-refractivity contribution is 5.72. The van der Waals surface area contributed by atoms with Crippen LogP contribution in [0.1, 0.15) is 99.5 Å². The number of benzene rings is 1. The standard InChI is InChI=1S/C50H78N2O14/c1-30(2)26-40(55)64-48-34(6)61-42(29-50(48,8)58)65-45-33(5)62-49(44(57)43(45)51(9)10)66-46-37(23-25-53)27-31(3)38(52(11)24-17-21-36-19-14-13-15-20-36)22-16-18-32(4)60-41(56)28-39(47(46)59-12)63-35(7)54/h13-17,19-22,25,30-34,37-39,42-49,57-58H,18,23-24,26-29H2,1-12H3/b21-17+,22-16+/t31-,32-,33-,34+,37+,38+,39-,42+,43-,44-,45?,46+,47+,48+,49+,50-/m1/s1. The summed E-state index contributed by atoms with van der Waals surface area (Å²) < 4.78 is 49.5. The van der Waals surface area contributed by atoms with Gasteiger partial charge in [-0.15, -0.1) is 0 Å². The number of methoxy groups -OCH3 is 1. The van der Waals surface area contributed by atoms with Gasteiger partial charge in [0, 0.05) is 52.3 Å². The van der Waals surface area contributed by atoms with E-state index in [2.05, 4.69) is 30.1 Å². The first kappa shape index (κ1) is 55.0. The van der Waals surface area contributed by atoms with E-state index in [9.17, 15) is 29.4 Å². The van der Waals surface area contributed by atoms with Crippen molar-refractivity contribution in [3.05, 3.63) is 54.1 Å². The Labute approximate surface area is 392 Å². The number of aliphatic hydroxyl groups excluding tert-OH is 1. The molecule has 2 fully saturated rings. The number of ether oxygens (including phenoxy) is 8. The number of likely N-dealkylation sites (N-methyl/N-ethyl adjacent to an activating group) is 2. The van der Waals surface area contributed by atoms with Gasteiger partial charge in [0.05, 0.1) is 30.8 Å².